The van der Waals surface area contributed by atoms with Crippen LogP contribution >= 0.6 is 11.8 Å². The molecule has 0 atom stereocenters. The van der Waals surface area contributed by atoms with Crippen molar-refractivity contribution in [2.75, 3.05) is 27.3 Å². The summed E-state index contributed by atoms with van der Waals surface area (Å²) in [4.78, 5) is 19.3. The van der Waals surface area contributed by atoms with E-state index in [0.717, 1.165) is 48.3 Å². The number of methoxy groups -OCH3 is 2. The maximum atomic E-state index is 12.2. The molecule has 128 valence electrons. The highest BCUT2D eigenvalue weighted by molar-refractivity contribution is 8.18. The fraction of sp³-hybridized carbons (Fsp3) is 0.444. The van der Waals surface area contributed by atoms with Gasteiger partial charge in [-0.05, 0) is 48.7 Å². The Kier molecular flexibility index (Phi) is 5.14. The van der Waals surface area contributed by atoms with Crippen molar-refractivity contribution in [3.63, 3.8) is 0 Å². The number of amidine groups is 1. The average Bonchev–Trinajstić information content (AvgIpc) is 2.96. The first-order chi connectivity index (χ1) is 11.6. The molecule has 0 aliphatic carbocycles. The van der Waals surface area contributed by atoms with Gasteiger partial charge in [0.2, 0.25) is 0 Å². The molecular formula is C18H22N2O3S. The Morgan fingerprint density at radius 3 is 2.67 bits per heavy atom. The zero-order chi connectivity index (χ0) is 17.1. The molecule has 6 heteroatoms. The van der Waals surface area contributed by atoms with E-state index in [2.05, 4.69) is 16.8 Å². The highest BCUT2D eigenvalue weighted by atomic mass is 32.2. The number of hydrogen-bond acceptors (Lipinski definition) is 5. The van der Waals surface area contributed by atoms with Gasteiger partial charge in [-0.15, -0.1) is 0 Å². The van der Waals surface area contributed by atoms with Crippen LogP contribution in [0.2, 0.25) is 0 Å². The lowest BCUT2D eigenvalue weighted by Crippen LogP contribution is -2.35. The van der Waals surface area contributed by atoms with E-state index in [4.69, 9.17) is 9.47 Å². The molecule has 3 rings (SSSR count). The smallest absolute Gasteiger partial charge is 0.286 e. The molecule has 1 saturated heterocycles. The maximum Gasteiger partial charge on any atom is 0.286 e. The van der Waals surface area contributed by atoms with Crippen molar-refractivity contribution in [2.24, 2.45) is 10.9 Å². The van der Waals surface area contributed by atoms with Crippen molar-refractivity contribution >= 4 is 28.9 Å². The third-order valence-corrected chi connectivity index (χ3v) is 5.44. The SMILES string of the molecule is COc1ccc(/C=C2/SC(N3CCC(C)CC3)=NC2=O)c(OC)c1. The van der Waals surface area contributed by atoms with Crippen LogP contribution in [0.3, 0.4) is 0 Å². The summed E-state index contributed by atoms with van der Waals surface area (Å²) in [6.45, 7) is 4.21. The van der Waals surface area contributed by atoms with Crippen molar-refractivity contribution in [1.29, 1.82) is 0 Å². The van der Waals surface area contributed by atoms with Crippen LogP contribution in [0, 0.1) is 5.92 Å². The zero-order valence-corrected chi connectivity index (χ0v) is 15.1. The Balaban J connectivity index is 1.77. The van der Waals surface area contributed by atoms with Gasteiger partial charge in [0.05, 0.1) is 19.1 Å². The molecule has 0 bridgehead atoms. The van der Waals surface area contributed by atoms with Gasteiger partial charge in [0.25, 0.3) is 5.91 Å². The largest absolute Gasteiger partial charge is 0.497 e. The predicted molar refractivity (Wildman–Crippen MR) is 97.5 cm³/mol. The second kappa shape index (κ2) is 7.30. The third-order valence-electron chi connectivity index (χ3n) is 4.39. The summed E-state index contributed by atoms with van der Waals surface area (Å²) in [7, 11) is 3.22. The molecule has 0 N–H and O–H groups in total. The quantitative estimate of drug-likeness (QED) is 0.785. The van der Waals surface area contributed by atoms with Crippen molar-refractivity contribution < 1.29 is 14.3 Å². The fourth-order valence-electron chi connectivity index (χ4n) is 2.81. The molecule has 24 heavy (non-hydrogen) atoms. The van der Waals surface area contributed by atoms with Gasteiger partial charge >= 0.3 is 0 Å². The third kappa shape index (κ3) is 3.59. The molecule has 5 nitrogen and oxygen atoms in total. The number of ether oxygens (including phenoxy) is 2. The molecule has 0 aromatic heterocycles. The number of nitrogens with zero attached hydrogens (tertiary/aromatic N) is 2. The lowest BCUT2D eigenvalue weighted by Gasteiger charge is -2.30. The van der Waals surface area contributed by atoms with Crippen molar-refractivity contribution in [3.05, 3.63) is 28.7 Å². The van der Waals surface area contributed by atoms with Crippen molar-refractivity contribution in [3.8, 4) is 11.5 Å². The van der Waals surface area contributed by atoms with Gasteiger partial charge in [0.1, 0.15) is 11.5 Å². The molecular weight excluding hydrogens is 324 g/mol. The van der Waals surface area contributed by atoms with Crippen molar-refractivity contribution in [1.82, 2.24) is 4.90 Å². The summed E-state index contributed by atoms with van der Waals surface area (Å²) >= 11 is 1.45. The van der Waals surface area contributed by atoms with E-state index in [1.165, 1.54) is 11.8 Å². The van der Waals surface area contributed by atoms with E-state index in [1.54, 1.807) is 14.2 Å². The molecule has 0 radical (unpaired) electrons. The van der Waals surface area contributed by atoms with E-state index < -0.39 is 0 Å². The van der Waals surface area contributed by atoms with E-state index >= 15 is 0 Å². The summed E-state index contributed by atoms with van der Waals surface area (Å²) in [5.41, 5.74) is 0.845. The van der Waals surface area contributed by atoms with Crippen LogP contribution in [0.25, 0.3) is 6.08 Å². The van der Waals surface area contributed by atoms with Crippen molar-refractivity contribution in [2.45, 2.75) is 19.8 Å². The van der Waals surface area contributed by atoms with E-state index in [1.807, 2.05) is 24.3 Å². The van der Waals surface area contributed by atoms with E-state index in [0.29, 0.717) is 10.7 Å². The average molecular weight is 346 g/mol. The van der Waals surface area contributed by atoms with E-state index in [9.17, 15) is 4.79 Å². The molecule has 0 spiro atoms. The lowest BCUT2D eigenvalue weighted by atomic mass is 10.00. The summed E-state index contributed by atoms with van der Waals surface area (Å²) in [6, 6.07) is 5.55. The van der Waals surface area contributed by atoms with Gasteiger partial charge in [-0.1, -0.05) is 6.92 Å². The van der Waals surface area contributed by atoms with Crippen LogP contribution < -0.4 is 9.47 Å². The Hall–Kier alpha value is -1.95. The van der Waals surface area contributed by atoms with Gasteiger partial charge < -0.3 is 14.4 Å². The standard InChI is InChI=1S/C18H22N2O3S/c1-12-6-8-20(9-7-12)18-19-17(21)16(24-18)10-13-4-5-14(22-2)11-15(13)23-3/h4-5,10-12H,6-9H2,1-3H3/b16-10+. The number of likely N-dealkylation sites (tertiary alicyclic amines) is 1. The lowest BCUT2D eigenvalue weighted by molar-refractivity contribution is -0.113. The zero-order valence-electron chi connectivity index (χ0n) is 14.2. The molecule has 0 saturated carbocycles. The number of aliphatic imine (C=N–C) groups is 1. The Bertz CT molecular complexity index is 692. The first-order valence-electron chi connectivity index (χ1n) is 8.10. The molecule has 1 aromatic carbocycles. The normalized spacial score (nSPS) is 20.5. The Labute approximate surface area is 146 Å². The molecule has 1 aromatic rings. The second-order valence-electron chi connectivity index (χ2n) is 6.09. The van der Waals surface area contributed by atoms with Gasteiger partial charge in [-0.3, -0.25) is 4.79 Å². The molecule has 2 aliphatic heterocycles. The van der Waals surface area contributed by atoms with E-state index in [-0.39, 0.29) is 5.91 Å². The number of carbonyl (C=O) groups is 1. The monoisotopic (exact) mass is 346 g/mol. The highest BCUT2D eigenvalue weighted by Gasteiger charge is 2.28. The number of thioether (sulfide) groups is 1. The van der Waals surface area contributed by atoms with Crippen LogP contribution in [0.1, 0.15) is 25.3 Å². The Morgan fingerprint density at radius 2 is 2.00 bits per heavy atom. The molecule has 2 heterocycles. The van der Waals surface area contributed by atoms with Gasteiger partial charge in [0, 0.05) is 24.7 Å². The van der Waals surface area contributed by atoms with Crippen LogP contribution in [0.4, 0.5) is 0 Å². The van der Waals surface area contributed by atoms with Gasteiger partial charge in [-0.2, -0.15) is 4.99 Å². The summed E-state index contributed by atoms with van der Waals surface area (Å²) < 4.78 is 10.6. The Morgan fingerprint density at radius 1 is 1.25 bits per heavy atom. The number of hydrogen-bond donors (Lipinski definition) is 0. The number of carbonyl (C=O) groups excluding carboxylic acids is 1. The van der Waals surface area contributed by atoms with Crippen LogP contribution in [0.5, 0.6) is 11.5 Å². The minimum atomic E-state index is -0.175. The summed E-state index contributed by atoms with van der Waals surface area (Å²) in [5.74, 6) is 1.98. The number of benzene rings is 1. The van der Waals surface area contributed by atoms with Gasteiger partial charge in [0.15, 0.2) is 5.17 Å². The molecule has 1 fully saturated rings. The number of piperidine rings is 1. The molecule has 1 amide bonds. The predicted octanol–water partition coefficient (Wildman–Crippen LogP) is 3.41. The highest BCUT2D eigenvalue weighted by Crippen LogP contribution is 2.34. The molecule has 0 unspecified atom stereocenters. The second-order valence-corrected chi connectivity index (χ2v) is 7.10. The number of amides is 1. The molecule has 2 aliphatic rings. The summed E-state index contributed by atoms with van der Waals surface area (Å²) in [6.07, 6.45) is 4.15. The first kappa shape index (κ1) is 16.9. The first-order valence-corrected chi connectivity index (χ1v) is 8.92. The minimum absolute atomic E-state index is 0.175. The van der Waals surface area contributed by atoms with Crippen LogP contribution in [0.15, 0.2) is 28.1 Å². The summed E-state index contributed by atoms with van der Waals surface area (Å²) in [5, 5.41) is 0.825. The number of rotatable bonds is 3. The van der Waals surface area contributed by atoms with Gasteiger partial charge in [-0.25, -0.2) is 0 Å². The fourth-order valence-corrected chi connectivity index (χ4v) is 3.77. The maximum absolute atomic E-state index is 12.2. The van der Waals surface area contributed by atoms with Crippen LogP contribution in [-0.4, -0.2) is 43.3 Å². The van der Waals surface area contributed by atoms with Crippen LogP contribution in [-0.2, 0) is 4.79 Å². The minimum Gasteiger partial charge on any atom is -0.497 e. The topological polar surface area (TPSA) is 51.1 Å².